The van der Waals surface area contributed by atoms with Crippen LogP contribution in [0.5, 0.6) is 0 Å². The number of halogens is 1. The summed E-state index contributed by atoms with van der Waals surface area (Å²) in [5.41, 5.74) is 1.90. The first-order chi connectivity index (χ1) is 10.1. The van der Waals surface area contributed by atoms with Crippen LogP contribution in [0.25, 0.3) is 11.0 Å². The summed E-state index contributed by atoms with van der Waals surface area (Å²) < 4.78 is 1.70. The number of fused-ring (bicyclic) bond motifs is 1. The molecule has 0 unspecified atom stereocenters. The van der Waals surface area contributed by atoms with Crippen LogP contribution in [0.2, 0.25) is 5.15 Å². The van der Waals surface area contributed by atoms with Gasteiger partial charge in [-0.2, -0.15) is 5.10 Å². The molecule has 0 saturated carbocycles. The first kappa shape index (κ1) is 13.9. The van der Waals surface area contributed by atoms with Crippen LogP contribution in [-0.4, -0.2) is 36.7 Å². The lowest BCUT2D eigenvalue weighted by molar-refractivity contribution is 0.310. The van der Waals surface area contributed by atoms with Crippen molar-refractivity contribution in [2.24, 2.45) is 7.05 Å². The van der Waals surface area contributed by atoms with E-state index in [0.29, 0.717) is 17.5 Å². The molecule has 0 aromatic carbocycles. The summed E-state index contributed by atoms with van der Waals surface area (Å²) in [6.45, 7) is 1.38. The molecule has 0 aliphatic rings. The highest BCUT2D eigenvalue weighted by Crippen LogP contribution is 2.19. The average Bonchev–Trinajstić information content (AvgIpc) is 2.82. The minimum Gasteiger partial charge on any atom is -0.295 e. The molecule has 7 heteroatoms. The Morgan fingerprint density at radius 2 is 2.10 bits per heavy atom. The van der Waals surface area contributed by atoms with E-state index in [1.807, 2.05) is 32.4 Å². The lowest BCUT2D eigenvalue weighted by Crippen LogP contribution is -2.19. The first-order valence-electron chi connectivity index (χ1n) is 6.55. The summed E-state index contributed by atoms with van der Waals surface area (Å²) in [7, 11) is 3.85. The predicted octanol–water partition coefficient (Wildman–Crippen LogP) is 2.04. The molecule has 6 nitrogen and oxygen atoms in total. The van der Waals surface area contributed by atoms with E-state index >= 15 is 0 Å². The van der Waals surface area contributed by atoms with Gasteiger partial charge in [0.15, 0.2) is 5.65 Å². The van der Waals surface area contributed by atoms with Gasteiger partial charge in [0.25, 0.3) is 0 Å². The van der Waals surface area contributed by atoms with E-state index in [-0.39, 0.29) is 0 Å². The van der Waals surface area contributed by atoms with Crippen LogP contribution in [0.4, 0.5) is 0 Å². The highest BCUT2D eigenvalue weighted by Gasteiger charge is 2.11. The van der Waals surface area contributed by atoms with Gasteiger partial charge in [-0.05, 0) is 18.7 Å². The van der Waals surface area contributed by atoms with E-state index in [2.05, 4.69) is 25.0 Å². The Kier molecular flexibility index (Phi) is 3.81. The number of aryl methyl sites for hydroxylation is 1. The fourth-order valence-electron chi connectivity index (χ4n) is 2.20. The van der Waals surface area contributed by atoms with E-state index in [1.54, 1.807) is 17.1 Å². The zero-order valence-electron chi connectivity index (χ0n) is 11.9. The van der Waals surface area contributed by atoms with Gasteiger partial charge in [0, 0.05) is 26.0 Å². The maximum absolute atomic E-state index is 6.19. The van der Waals surface area contributed by atoms with E-state index in [1.165, 1.54) is 0 Å². The topological polar surface area (TPSA) is 59.7 Å². The Balaban J connectivity index is 1.79. The largest absolute Gasteiger partial charge is 0.295 e. The molecule has 0 aliphatic carbocycles. The second-order valence-electron chi connectivity index (χ2n) is 4.97. The second kappa shape index (κ2) is 5.75. The quantitative estimate of drug-likeness (QED) is 0.690. The number of rotatable bonds is 4. The van der Waals surface area contributed by atoms with Gasteiger partial charge in [0.1, 0.15) is 11.0 Å². The summed E-state index contributed by atoms with van der Waals surface area (Å²) in [5.74, 6) is 0.683. The summed E-state index contributed by atoms with van der Waals surface area (Å²) >= 11 is 6.19. The third kappa shape index (κ3) is 3.01. The molecule has 3 aromatic heterocycles. The summed E-state index contributed by atoms with van der Waals surface area (Å²) in [4.78, 5) is 15.1. The molecule has 0 saturated heterocycles. The van der Waals surface area contributed by atoms with Gasteiger partial charge >= 0.3 is 0 Å². The average molecular weight is 303 g/mol. The first-order valence-corrected chi connectivity index (χ1v) is 6.93. The smallest absolute Gasteiger partial charge is 0.162 e. The summed E-state index contributed by atoms with van der Waals surface area (Å²) in [6.07, 6.45) is 5.30. The van der Waals surface area contributed by atoms with Crippen molar-refractivity contribution in [2.45, 2.75) is 13.1 Å². The lowest BCUT2D eigenvalue weighted by Gasteiger charge is -2.15. The second-order valence-corrected chi connectivity index (χ2v) is 5.33. The third-order valence-corrected chi connectivity index (χ3v) is 3.47. The highest BCUT2D eigenvalue weighted by atomic mass is 35.5. The van der Waals surface area contributed by atoms with Gasteiger partial charge in [-0.1, -0.05) is 17.7 Å². The number of pyridine rings is 1. The van der Waals surface area contributed by atoms with E-state index in [9.17, 15) is 0 Å². The number of aromatic nitrogens is 5. The molecule has 0 bridgehead atoms. The SMILES string of the molecule is CN(Cc1cccnc1)Cc1nc(Cl)c2cnn(C)c2n1. The molecule has 0 amide bonds. The Bertz CT molecular complexity index is 755. The molecule has 0 atom stereocenters. The van der Waals surface area contributed by atoms with Crippen molar-refractivity contribution in [1.29, 1.82) is 0 Å². The van der Waals surface area contributed by atoms with Crippen LogP contribution in [0.3, 0.4) is 0 Å². The van der Waals surface area contributed by atoms with Crippen molar-refractivity contribution in [3.8, 4) is 0 Å². The van der Waals surface area contributed by atoms with Gasteiger partial charge < -0.3 is 0 Å². The standard InChI is InChI=1S/C14H15ClN6/c1-20(8-10-4-3-5-16-6-10)9-12-18-13(15)11-7-17-21(2)14(11)19-12/h3-7H,8-9H2,1-2H3. The molecule has 3 aromatic rings. The fourth-order valence-corrected chi connectivity index (χ4v) is 2.43. The Labute approximate surface area is 127 Å². The third-order valence-electron chi connectivity index (χ3n) is 3.18. The van der Waals surface area contributed by atoms with Crippen LogP contribution in [0, 0.1) is 0 Å². The zero-order chi connectivity index (χ0) is 14.8. The molecule has 0 radical (unpaired) electrons. The molecule has 3 heterocycles. The zero-order valence-corrected chi connectivity index (χ0v) is 12.6. The van der Waals surface area contributed by atoms with Crippen molar-refractivity contribution in [1.82, 2.24) is 29.6 Å². The summed E-state index contributed by atoms with van der Waals surface area (Å²) in [6, 6.07) is 3.97. The molecule has 108 valence electrons. The van der Waals surface area contributed by atoms with Gasteiger partial charge in [0.05, 0.1) is 18.1 Å². The van der Waals surface area contributed by atoms with Crippen LogP contribution in [0.15, 0.2) is 30.7 Å². The molecular formula is C14H15ClN6. The molecule has 0 fully saturated rings. The molecule has 0 aliphatic heterocycles. The van der Waals surface area contributed by atoms with Gasteiger partial charge in [-0.3, -0.25) is 14.6 Å². The minimum absolute atomic E-state index is 0.442. The van der Waals surface area contributed by atoms with Crippen LogP contribution in [0.1, 0.15) is 11.4 Å². The van der Waals surface area contributed by atoms with E-state index in [4.69, 9.17) is 11.6 Å². The van der Waals surface area contributed by atoms with Crippen molar-refractivity contribution >= 4 is 22.6 Å². The maximum atomic E-state index is 6.19. The van der Waals surface area contributed by atoms with Crippen molar-refractivity contribution in [3.63, 3.8) is 0 Å². The van der Waals surface area contributed by atoms with Crippen molar-refractivity contribution in [3.05, 3.63) is 47.3 Å². The number of hydrogen-bond acceptors (Lipinski definition) is 5. The maximum Gasteiger partial charge on any atom is 0.162 e. The van der Waals surface area contributed by atoms with E-state index in [0.717, 1.165) is 23.1 Å². The Hall–Kier alpha value is -2.05. The predicted molar refractivity (Wildman–Crippen MR) is 80.7 cm³/mol. The molecule has 0 spiro atoms. The van der Waals surface area contributed by atoms with Crippen LogP contribution < -0.4 is 0 Å². The summed E-state index contributed by atoms with van der Waals surface area (Å²) in [5, 5.41) is 5.37. The van der Waals surface area contributed by atoms with Crippen molar-refractivity contribution in [2.75, 3.05) is 7.05 Å². The van der Waals surface area contributed by atoms with E-state index < -0.39 is 0 Å². The minimum atomic E-state index is 0.442. The normalized spacial score (nSPS) is 11.4. The molecule has 3 rings (SSSR count). The lowest BCUT2D eigenvalue weighted by atomic mass is 10.3. The number of hydrogen-bond donors (Lipinski definition) is 0. The molecule has 21 heavy (non-hydrogen) atoms. The van der Waals surface area contributed by atoms with Gasteiger partial charge in [-0.25, -0.2) is 9.97 Å². The van der Waals surface area contributed by atoms with Crippen LogP contribution >= 0.6 is 11.6 Å². The Morgan fingerprint density at radius 3 is 2.86 bits per heavy atom. The molecular weight excluding hydrogens is 288 g/mol. The Morgan fingerprint density at radius 1 is 1.24 bits per heavy atom. The monoisotopic (exact) mass is 302 g/mol. The van der Waals surface area contributed by atoms with Gasteiger partial charge in [-0.15, -0.1) is 0 Å². The number of nitrogens with zero attached hydrogens (tertiary/aromatic N) is 6. The fraction of sp³-hybridized carbons (Fsp3) is 0.286. The van der Waals surface area contributed by atoms with Crippen molar-refractivity contribution < 1.29 is 0 Å². The van der Waals surface area contributed by atoms with Crippen LogP contribution in [-0.2, 0) is 20.1 Å². The molecule has 0 N–H and O–H groups in total. The highest BCUT2D eigenvalue weighted by molar-refractivity contribution is 6.33. The van der Waals surface area contributed by atoms with Gasteiger partial charge in [0.2, 0.25) is 0 Å².